The predicted octanol–water partition coefficient (Wildman–Crippen LogP) is 3.71. The third kappa shape index (κ3) is 3.80. The number of likely N-dealkylation sites (N-methyl/N-ethyl adjacent to an activating group) is 1. The Kier molecular flexibility index (Phi) is 5.46. The van der Waals surface area contributed by atoms with Gasteiger partial charge in [-0.1, -0.05) is 18.2 Å². The largest absolute Gasteiger partial charge is 0.507 e. The number of pyridine rings is 1. The first kappa shape index (κ1) is 21.3. The highest BCUT2D eigenvalue weighted by Gasteiger charge is 2.44. The van der Waals surface area contributed by atoms with E-state index in [0.717, 1.165) is 11.1 Å². The molecule has 5 rings (SSSR count). The van der Waals surface area contributed by atoms with Crippen LogP contribution in [-0.4, -0.2) is 70.7 Å². The summed E-state index contributed by atoms with van der Waals surface area (Å²) in [5, 5.41) is 19.3. The molecule has 1 aromatic carbocycles. The number of hydrogen-bond acceptors (Lipinski definition) is 7. The number of ether oxygens (including phenoxy) is 1. The van der Waals surface area contributed by atoms with E-state index in [2.05, 4.69) is 26.2 Å². The molecule has 0 radical (unpaired) electrons. The fourth-order valence-electron chi connectivity index (χ4n) is 4.74. The van der Waals surface area contributed by atoms with Crippen molar-refractivity contribution in [1.82, 2.24) is 20.1 Å². The average molecular weight is 448 g/mol. The number of phenols is 1. The lowest BCUT2D eigenvalue weighted by Gasteiger charge is -2.43. The van der Waals surface area contributed by atoms with E-state index < -0.39 is 6.17 Å². The molecule has 1 saturated heterocycles. The molecule has 3 aromatic rings. The molecule has 33 heavy (non-hydrogen) atoms. The van der Waals surface area contributed by atoms with Crippen LogP contribution in [0.15, 0.2) is 60.8 Å². The van der Waals surface area contributed by atoms with Crippen molar-refractivity contribution < 1.29 is 14.2 Å². The number of piperidine rings is 1. The van der Waals surface area contributed by atoms with Gasteiger partial charge in [-0.25, -0.2) is 9.37 Å². The van der Waals surface area contributed by atoms with Gasteiger partial charge in [0.05, 0.1) is 24.9 Å². The number of fused-ring (bicyclic) bond motifs is 2. The van der Waals surface area contributed by atoms with Crippen LogP contribution in [0, 0.1) is 0 Å². The van der Waals surface area contributed by atoms with Gasteiger partial charge in [0, 0.05) is 30.9 Å². The highest BCUT2D eigenvalue weighted by atomic mass is 19.1. The fourth-order valence-corrected chi connectivity index (χ4v) is 4.74. The summed E-state index contributed by atoms with van der Waals surface area (Å²) in [6.07, 6.45) is 5.42. The van der Waals surface area contributed by atoms with Gasteiger partial charge in [0.15, 0.2) is 5.82 Å². The Morgan fingerprint density at radius 2 is 1.91 bits per heavy atom. The van der Waals surface area contributed by atoms with Crippen LogP contribution in [0.3, 0.4) is 0 Å². The zero-order chi connectivity index (χ0) is 23.1. The Labute approximate surface area is 192 Å². The number of aromatic hydroxyl groups is 1. The van der Waals surface area contributed by atoms with E-state index in [9.17, 15) is 5.11 Å². The zero-order valence-corrected chi connectivity index (χ0v) is 18.8. The minimum atomic E-state index is -1.00. The molecule has 2 unspecified atom stereocenters. The second kappa shape index (κ2) is 8.44. The monoisotopic (exact) mass is 447 g/mol. The molecule has 2 aliphatic rings. The average Bonchev–Trinajstić information content (AvgIpc) is 3.11. The molecule has 8 heteroatoms. The van der Waals surface area contributed by atoms with Crippen LogP contribution in [-0.2, 0) is 0 Å². The second-order valence-corrected chi connectivity index (χ2v) is 8.56. The summed E-state index contributed by atoms with van der Waals surface area (Å²) in [5.41, 5.74) is 2.84. The molecule has 0 amide bonds. The maximum atomic E-state index is 15.1. The molecule has 170 valence electrons. The van der Waals surface area contributed by atoms with Gasteiger partial charge in [-0.05, 0) is 54.9 Å². The van der Waals surface area contributed by atoms with Crippen molar-refractivity contribution >= 4 is 5.82 Å². The molecule has 2 aliphatic heterocycles. The standard InChI is InChI=1S/C25H26FN5O2/c1-30-17-5-8-20(30)25(26)21(14-17)31(2)23-9-7-19(28-29-23)18-6-4-15(12-22(18)32)16-10-11-27-24(13-16)33-3/h4-13,17,20-21,25,32H,14H2,1-3H3/t17?,20?,21-,25+/m1/s1. The lowest BCUT2D eigenvalue weighted by molar-refractivity contribution is 0.0825. The molecular formula is C25H26FN5O2. The summed E-state index contributed by atoms with van der Waals surface area (Å²) in [6.45, 7) is 0. The van der Waals surface area contributed by atoms with Crippen molar-refractivity contribution in [1.29, 1.82) is 0 Å². The van der Waals surface area contributed by atoms with Crippen LogP contribution < -0.4 is 9.64 Å². The van der Waals surface area contributed by atoms with Crippen LogP contribution in [0.2, 0.25) is 0 Å². The van der Waals surface area contributed by atoms with Crippen molar-refractivity contribution in [3.63, 3.8) is 0 Å². The van der Waals surface area contributed by atoms with Gasteiger partial charge in [0.1, 0.15) is 11.9 Å². The summed E-state index contributed by atoms with van der Waals surface area (Å²) in [5.74, 6) is 1.21. The molecule has 7 nitrogen and oxygen atoms in total. The first-order chi connectivity index (χ1) is 16.0. The van der Waals surface area contributed by atoms with Crippen molar-refractivity contribution in [2.45, 2.75) is 30.7 Å². The van der Waals surface area contributed by atoms with E-state index in [1.54, 1.807) is 25.4 Å². The number of phenolic OH excluding ortho intramolecular Hbond substituents is 1. The first-order valence-corrected chi connectivity index (χ1v) is 10.9. The summed E-state index contributed by atoms with van der Waals surface area (Å²) in [6, 6.07) is 12.5. The minimum Gasteiger partial charge on any atom is -0.507 e. The number of methoxy groups -OCH3 is 1. The number of anilines is 1. The van der Waals surface area contributed by atoms with Gasteiger partial charge in [0.25, 0.3) is 0 Å². The van der Waals surface area contributed by atoms with E-state index in [1.165, 1.54) is 0 Å². The van der Waals surface area contributed by atoms with E-state index >= 15 is 4.39 Å². The molecule has 4 atom stereocenters. The molecule has 2 aromatic heterocycles. The summed E-state index contributed by atoms with van der Waals surface area (Å²) < 4.78 is 20.3. The number of aromatic nitrogens is 3. The third-order valence-corrected chi connectivity index (χ3v) is 6.76. The van der Waals surface area contributed by atoms with Gasteiger partial charge < -0.3 is 14.7 Å². The maximum Gasteiger partial charge on any atom is 0.213 e. The van der Waals surface area contributed by atoms with E-state index in [0.29, 0.717) is 29.4 Å². The number of nitrogens with zero attached hydrogens (tertiary/aromatic N) is 5. The molecule has 1 N–H and O–H groups in total. The molecular weight excluding hydrogens is 421 g/mol. The SMILES string of the molecule is COc1cc(-c2ccc(-c3ccc(N(C)[C@@H]4CC5C=CC([C@@H]4F)N5C)nn3)c(O)c2)ccn1. The maximum absolute atomic E-state index is 15.1. The number of benzene rings is 1. The van der Waals surface area contributed by atoms with Gasteiger partial charge >= 0.3 is 0 Å². The number of halogens is 1. The van der Waals surface area contributed by atoms with E-state index in [4.69, 9.17) is 4.74 Å². The van der Waals surface area contributed by atoms with Crippen molar-refractivity contribution in [2.75, 3.05) is 26.1 Å². The third-order valence-electron chi connectivity index (χ3n) is 6.76. The van der Waals surface area contributed by atoms with E-state index in [-0.39, 0.29) is 23.9 Å². The van der Waals surface area contributed by atoms with Crippen molar-refractivity contribution in [3.05, 3.63) is 60.8 Å². The highest BCUT2D eigenvalue weighted by molar-refractivity contribution is 5.74. The van der Waals surface area contributed by atoms with Gasteiger partial charge in [-0.15, -0.1) is 10.2 Å². The predicted molar refractivity (Wildman–Crippen MR) is 125 cm³/mol. The topological polar surface area (TPSA) is 74.6 Å². The van der Waals surface area contributed by atoms with Crippen molar-refractivity contribution in [2.24, 2.45) is 0 Å². The number of hydrogen-bond donors (Lipinski definition) is 1. The van der Waals surface area contributed by atoms with Gasteiger partial charge in [0.2, 0.25) is 5.88 Å². The summed E-state index contributed by atoms with van der Waals surface area (Å²) in [4.78, 5) is 8.07. The second-order valence-electron chi connectivity index (χ2n) is 8.56. The van der Waals surface area contributed by atoms with Gasteiger partial charge in [-0.2, -0.15) is 0 Å². The first-order valence-electron chi connectivity index (χ1n) is 10.9. The lowest BCUT2D eigenvalue weighted by atomic mass is 9.94. The number of rotatable bonds is 5. The van der Waals surface area contributed by atoms with Crippen LogP contribution >= 0.6 is 0 Å². The quantitative estimate of drug-likeness (QED) is 0.598. The number of alkyl halides is 1. The molecule has 0 aliphatic carbocycles. The van der Waals surface area contributed by atoms with E-state index in [1.807, 2.05) is 55.4 Å². The lowest BCUT2D eigenvalue weighted by Crippen LogP contribution is -2.56. The fraction of sp³-hybridized carbons (Fsp3) is 0.320. The van der Waals surface area contributed by atoms with Crippen molar-refractivity contribution in [3.8, 4) is 34.0 Å². The molecule has 4 heterocycles. The Bertz CT molecular complexity index is 1190. The Morgan fingerprint density at radius 3 is 2.64 bits per heavy atom. The minimum absolute atomic E-state index is 0.0977. The smallest absolute Gasteiger partial charge is 0.213 e. The normalized spacial score (nSPS) is 24.1. The summed E-state index contributed by atoms with van der Waals surface area (Å²) in [7, 11) is 5.39. The van der Waals surface area contributed by atoms with Crippen LogP contribution in [0.4, 0.5) is 10.2 Å². The van der Waals surface area contributed by atoms with Gasteiger partial charge in [-0.3, -0.25) is 4.90 Å². The molecule has 0 spiro atoms. The Balaban J connectivity index is 1.35. The molecule has 2 bridgehead atoms. The summed E-state index contributed by atoms with van der Waals surface area (Å²) >= 11 is 0. The zero-order valence-electron chi connectivity index (χ0n) is 18.8. The van der Waals surface area contributed by atoms with Crippen LogP contribution in [0.1, 0.15) is 6.42 Å². The van der Waals surface area contributed by atoms with Crippen LogP contribution in [0.5, 0.6) is 11.6 Å². The highest BCUT2D eigenvalue weighted by Crippen LogP contribution is 2.36. The molecule has 0 saturated carbocycles. The Hall–Kier alpha value is -3.52. The van der Waals surface area contributed by atoms with Crippen LogP contribution in [0.25, 0.3) is 22.4 Å². The Morgan fingerprint density at radius 1 is 1.09 bits per heavy atom. The molecule has 1 fully saturated rings.